The molecule has 0 bridgehead atoms. The number of rotatable bonds is 5. The second-order valence-electron chi connectivity index (χ2n) is 7.90. The van der Waals surface area contributed by atoms with Gasteiger partial charge in [0, 0.05) is 6.54 Å². The fourth-order valence-electron chi connectivity index (χ4n) is 2.77. The average Bonchev–Trinajstić information content (AvgIpc) is 2.51. The lowest BCUT2D eigenvalue weighted by Crippen LogP contribution is -2.43. The molecule has 1 saturated heterocycles. The van der Waals surface area contributed by atoms with Gasteiger partial charge in [-0.15, -0.1) is 0 Å². The van der Waals surface area contributed by atoms with Crippen LogP contribution in [0.5, 0.6) is 5.75 Å². The van der Waals surface area contributed by atoms with Gasteiger partial charge in [0.1, 0.15) is 5.75 Å². The summed E-state index contributed by atoms with van der Waals surface area (Å²) < 4.78 is 5.58. The number of hydrogen-bond acceptors (Lipinski definition) is 3. The number of carbonyl (C=O) groups is 1. The molecule has 0 spiro atoms. The van der Waals surface area contributed by atoms with E-state index < -0.39 is 0 Å². The SMILES string of the molecule is CC1(CNC(=O)COc2ccc(C(C)(C)C)cc2)CCNCC1. The summed E-state index contributed by atoms with van der Waals surface area (Å²) in [6.45, 7) is 11.6. The molecule has 23 heavy (non-hydrogen) atoms. The minimum atomic E-state index is -0.0512. The van der Waals surface area contributed by atoms with Crippen molar-refractivity contribution in [2.45, 2.75) is 46.0 Å². The Morgan fingerprint density at radius 3 is 2.39 bits per heavy atom. The largest absolute Gasteiger partial charge is 0.484 e. The van der Waals surface area contributed by atoms with Crippen LogP contribution in [0, 0.1) is 5.41 Å². The fourth-order valence-corrected chi connectivity index (χ4v) is 2.77. The van der Waals surface area contributed by atoms with Gasteiger partial charge in [0.2, 0.25) is 0 Å². The first-order valence-electron chi connectivity index (χ1n) is 8.49. The van der Waals surface area contributed by atoms with E-state index in [9.17, 15) is 4.79 Å². The number of piperidine rings is 1. The summed E-state index contributed by atoms with van der Waals surface area (Å²) in [4.78, 5) is 12.0. The second kappa shape index (κ2) is 7.35. The molecule has 0 unspecified atom stereocenters. The molecule has 0 aromatic heterocycles. The molecule has 0 radical (unpaired) electrons. The molecular formula is C19H30N2O2. The highest BCUT2D eigenvalue weighted by molar-refractivity contribution is 5.77. The standard InChI is InChI=1S/C19H30N2O2/c1-18(2,3)15-5-7-16(8-6-15)23-13-17(22)21-14-19(4)9-11-20-12-10-19/h5-8,20H,9-14H2,1-4H3,(H,21,22). The highest BCUT2D eigenvalue weighted by Gasteiger charge is 2.26. The molecule has 1 aliphatic heterocycles. The van der Waals surface area contributed by atoms with Crippen LogP contribution in [0.4, 0.5) is 0 Å². The van der Waals surface area contributed by atoms with E-state index in [-0.39, 0.29) is 23.3 Å². The minimum Gasteiger partial charge on any atom is -0.484 e. The van der Waals surface area contributed by atoms with Gasteiger partial charge in [-0.25, -0.2) is 0 Å². The van der Waals surface area contributed by atoms with Crippen LogP contribution in [-0.2, 0) is 10.2 Å². The Bertz CT molecular complexity index is 511. The van der Waals surface area contributed by atoms with Crippen LogP contribution in [0.1, 0.15) is 46.1 Å². The third-order valence-electron chi connectivity index (χ3n) is 4.61. The first-order valence-corrected chi connectivity index (χ1v) is 8.49. The lowest BCUT2D eigenvalue weighted by molar-refractivity contribution is -0.123. The summed E-state index contributed by atoms with van der Waals surface area (Å²) in [5.74, 6) is 0.686. The van der Waals surface area contributed by atoms with E-state index in [4.69, 9.17) is 4.74 Å². The molecule has 0 saturated carbocycles. The van der Waals surface area contributed by atoms with Crippen LogP contribution in [-0.4, -0.2) is 32.1 Å². The predicted octanol–water partition coefficient (Wildman–Crippen LogP) is 2.87. The summed E-state index contributed by atoms with van der Waals surface area (Å²) in [5, 5.41) is 6.36. The second-order valence-corrected chi connectivity index (χ2v) is 7.90. The molecule has 1 aliphatic rings. The zero-order valence-corrected chi connectivity index (χ0v) is 14.9. The molecule has 4 heteroatoms. The Morgan fingerprint density at radius 1 is 1.22 bits per heavy atom. The van der Waals surface area contributed by atoms with Crippen molar-refractivity contribution >= 4 is 5.91 Å². The van der Waals surface area contributed by atoms with Gasteiger partial charge in [0.05, 0.1) is 0 Å². The maximum atomic E-state index is 12.0. The number of amides is 1. The quantitative estimate of drug-likeness (QED) is 0.878. The first kappa shape index (κ1) is 17.8. The van der Waals surface area contributed by atoms with Crippen LogP contribution in [0.15, 0.2) is 24.3 Å². The topological polar surface area (TPSA) is 50.4 Å². The maximum Gasteiger partial charge on any atom is 0.257 e. The Kier molecular flexibility index (Phi) is 5.69. The molecule has 1 aromatic rings. The molecule has 1 heterocycles. The summed E-state index contributed by atoms with van der Waals surface area (Å²) >= 11 is 0. The average molecular weight is 318 g/mol. The summed E-state index contributed by atoms with van der Waals surface area (Å²) in [5.41, 5.74) is 1.59. The number of carbonyl (C=O) groups excluding carboxylic acids is 1. The molecule has 1 aromatic carbocycles. The van der Waals surface area contributed by atoms with E-state index in [0.717, 1.165) is 38.2 Å². The third kappa shape index (κ3) is 5.54. The van der Waals surface area contributed by atoms with Crippen molar-refractivity contribution in [2.24, 2.45) is 5.41 Å². The molecule has 2 rings (SSSR count). The lowest BCUT2D eigenvalue weighted by atomic mass is 9.81. The summed E-state index contributed by atoms with van der Waals surface area (Å²) in [6.07, 6.45) is 2.20. The minimum absolute atomic E-state index is 0.0512. The number of benzene rings is 1. The van der Waals surface area contributed by atoms with Crippen molar-refractivity contribution in [3.8, 4) is 5.75 Å². The summed E-state index contributed by atoms with van der Waals surface area (Å²) in [7, 11) is 0. The monoisotopic (exact) mass is 318 g/mol. The van der Waals surface area contributed by atoms with Crippen LogP contribution in [0.3, 0.4) is 0 Å². The molecule has 4 nitrogen and oxygen atoms in total. The van der Waals surface area contributed by atoms with Crippen molar-refractivity contribution in [3.63, 3.8) is 0 Å². The summed E-state index contributed by atoms with van der Waals surface area (Å²) in [6, 6.07) is 7.98. The maximum absolute atomic E-state index is 12.0. The molecule has 1 fully saturated rings. The van der Waals surface area contributed by atoms with Crippen molar-refractivity contribution in [2.75, 3.05) is 26.2 Å². The Labute approximate surface area is 140 Å². The van der Waals surface area contributed by atoms with Gasteiger partial charge in [-0.2, -0.15) is 0 Å². The normalized spacial score (nSPS) is 17.6. The molecular weight excluding hydrogens is 288 g/mol. The number of ether oxygens (including phenoxy) is 1. The molecule has 0 aliphatic carbocycles. The van der Waals surface area contributed by atoms with Crippen LogP contribution in [0.2, 0.25) is 0 Å². The van der Waals surface area contributed by atoms with Gasteiger partial charge in [0.25, 0.3) is 5.91 Å². The Hall–Kier alpha value is -1.55. The predicted molar refractivity (Wildman–Crippen MR) is 93.9 cm³/mol. The first-order chi connectivity index (χ1) is 10.8. The molecule has 2 N–H and O–H groups in total. The van der Waals surface area contributed by atoms with Crippen LogP contribution < -0.4 is 15.4 Å². The van der Waals surface area contributed by atoms with Crippen molar-refractivity contribution in [1.29, 1.82) is 0 Å². The van der Waals surface area contributed by atoms with E-state index in [0.29, 0.717) is 0 Å². The van der Waals surface area contributed by atoms with E-state index in [1.165, 1.54) is 5.56 Å². The van der Waals surface area contributed by atoms with Gasteiger partial charge >= 0.3 is 0 Å². The van der Waals surface area contributed by atoms with E-state index in [2.05, 4.69) is 50.5 Å². The van der Waals surface area contributed by atoms with E-state index >= 15 is 0 Å². The van der Waals surface area contributed by atoms with Gasteiger partial charge < -0.3 is 15.4 Å². The highest BCUT2D eigenvalue weighted by Crippen LogP contribution is 2.26. The third-order valence-corrected chi connectivity index (χ3v) is 4.61. The molecule has 128 valence electrons. The van der Waals surface area contributed by atoms with Gasteiger partial charge in [-0.1, -0.05) is 39.8 Å². The molecule has 1 amide bonds. The van der Waals surface area contributed by atoms with Gasteiger partial charge in [-0.3, -0.25) is 4.79 Å². The van der Waals surface area contributed by atoms with Crippen molar-refractivity contribution in [1.82, 2.24) is 10.6 Å². The smallest absolute Gasteiger partial charge is 0.257 e. The molecule has 0 atom stereocenters. The Balaban J connectivity index is 1.76. The highest BCUT2D eigenvalue weighted by atomic mass is 16.5. The Morgan fingerprint density at radius 2 is 1.83 bits per heavy atom. The van der Waals surface area contributed by atoms with Crippen LogP contribution in [0.25, 0.3) is 0 Å². The lowest BCUT2D eigenvalue weighted by Gasteiger charge is -2.34. The zero-order chi connectivity index (χ0) is 16.9. The van der Waals surface area contributed by atoms with Gasteiger partial charge in [-0.05, 0) is 54.5 Å². The fraction of sp³-hybridized carbons (Fsp3) is 0.632. The van der Waals surface area contributed by atoms with Crippen LogP contribution >= 0.6 is 0 Å². The van der Waals surface area contributed by atoms with E-state index in [1.54, 1.807) is 0 Å². The van der Waals surface area contributed by atoms with Crippen molar-refractivity contribution < 1.29 is 9.53 Å². The van der Waals surface area contributed by atoms with Gasteiger partial charge in [0.15, 0.2) is 6.61 Å². The van der Waals surface area contributed by atoms with E-state index in [1.807, 2.05) is 12.1 Å². The number of hydrogen-bond donors (Lipinski definition) is 2. The van der Waals surface area contributed by atoms with Crippen molar-refractivity contribution in [3.05, 3.63) is 29.8 Å². The zero-order valence-electron chi connectivity index (χ0n) is 14.9. The number of nitrogens with one attached hydrogen (secondary N) is 2.